The molecule has 0 radical (unpaired) electrons. The molecule has 1 fully saturated rings. The zero-order valence-electron chi connectivity index (χ0n) is 17.8. The van der Waals surface area contributed by atoms with Crippen LogP contribution in [0.5, 0.6) is 0 Å². The van der Waals surface area contributed by atoms with Crippen LogP contribution < -0.4 is 5.32 Å². The number of carbonyl (C=O) groups excluding carboxylic acids is 2. The van der Waals surface area contributed by atoms with Crippen LogP contribution in [0.1, 0.15) is 58.1 Å². The number of nitrogens with zero attached hydrogens (tertiary/aromatic N) is 1. The molecule has 0 saturated carbocycles. The fraction of sp³-hybridized carbons (Fsp3) is 0.636. The van der Waals surface area contributed by atoms with Crippen LogP contribution in [0.2, 0.25) is 0 Å². The molecule has 1 heterocycles. The Morgan fingerprint density at radius 2 is 1.97 bits per heavy atom. The summed E-state index contributed by atoms with van der Waals surface area (Å²) in [6, 6.07) is 7.22. The predicted octanol–water partition coefficient (Wildman–Crippen LogP) is 2.89. The first-order valence-corrected chi connectivity index (χ1v) is 10.3. The van der Waals surface area contributed by atoms with Crippen molar-refractivity contribution in [1.29, 1.82) is 0 Å². The second kappa shape index (κ2) is 11.3. The van der Waals surface area contributed by atoms with E-state index in [0.29, 0.717) is 12.1 Å². The van der Waals surface area contributed by atoms with Gasteiger partial charge in [-0.2, -0.15) is 0 Å². The first kappa shape index (κ1) is 23.3. The molecule has 0 spiro atoms. The summed E-state index contributed by atoms with van der Waals surface area (Å²) in [7, 11) is 0. The average molecular weight is 407 g/mol. The van der Waals surface area contributed by atoms with Gasteiger partial charge in [0, 0.05) is 25.2 Å². The first-order chi connectivity index (χ1) is 13.7. The monoisotopic (exact) mass is 406 g/mol. The van der Waals surface area contributed by atoms with Gasteiger partial charge in [0.05, 0.1) is 25.7 Å². The van der Waals surface area contributed by atoms with Crippen LogP contribution in [0.4, 0.5) is 5.69 Å². The van der Waals surface area contributed by atoms with E-state index in [2.05, 4.69) is 10.2 Å². The smallest absolute Gasteiger partial charge is 0.306 e. The van der Waals surface area contributed by atoms with Crippen molar-refractivity contribution in [3.8, 4) is 0 Å². The Morgan fingerprint density at radius 1 is 1.24 bits per heavy atom. The molecule has 1 amide bonds. The van der Waals surface area contributed by atoms with Crippen LogP contribution in [0.15, 0.2) is 24.3 Å². The number of carbonyl (C=O) groups is 2. The van der Waals surface area contributed by atoms with E-state index >= 15 is 0 Å². The zero-order valence-corrected chi connectivity index (χ0v) is 17.8. The molecule has 1 aromatic carbocycles. The Morgan fingerprint density at radius 3 is 2.66 bits per heavy atom. The minimum Gasteiger partial charge on any atom is -0.460 e. The molecule has 1 unspecified atom stereocenters. The quantitative estimate of drug-likeness (QED) is 0.613. The van der Waals surface area contributed by atoms with Gasteiger partial charge in [-0.3, -0.25) is 14.5 Å². The van der Waals surface area contributed by atoms with Crippen molar-refractivity contribution in [3.63, 3.8) is 0 Å². The van der Waals surface area contributed by atoms with Crippen LogP contribution in [-0.4, -0.2) is 60.3 Å². The third kappa shape index (κ3) is 9.39. The Labute approximate surface area is 173 Å². The number of hydrogen-bond donors (Lipinski definition) is 2. The van der Waals surface area contributed by atoms with Crippen molar-refractivity contribution >= 4 is 17.6 Å². The normalized spacial score (nSPS) is 16.3. The van der Waals surface area contributed by atoms with Crippen molar-refractivity contribution in [2.24, 2.45) is 0 Å². The highest BCUT2D eigenvalue weighted by molar-refractivity contribution is 5.92. The lowest BCUT2D eigenvalue weighted by atomic mass is 10.0. The van der Waals surface area contributed by atoms with E-state index in [1.807, 2.05) is 12.1 Å². The van der Waals surface area contributed by atoms with Crippen molar-refractivity contribution in [1.82, 2.24) is 4.90 Å². The molecule has 1 atom stereocenters. The molecule has 7 nitrogen and oxygen atoms in total. The summed E-state index contributed by atoms with van der Waals surface area (Å²) in [6.07, 6.45) is 1.07. The fourth-order valence-corrected chi connectivity index (χ4v) is 3.15. The van der Waals surface area contributed by atoms with Crippen LogP contribution >= 0.6 is 0 Å². The number of aliphatic hydroxyl groups is 1. The molecule has 1 aromatic rings. The summed E-state index contributed by atoms with van der Waals surface area (Å²) >= 11 is 0. The number of benzene rings is 1. The predicted molar refractivity (Wildman–Crippen MR) is 112 cm³/mol. The maximum atomic E-state index is 12.1. The number of ether oxygens (including phenoxy) is 2. The molecule has 0 bridgehead atoms. The second-order valence-electron chi connectivity index (χ2n) is 8.37. The van der Waals surface area contributed by atoms with Gasteiger partial charge in [-0.15, -0.1) is 0 Å². The van der Waals surface area contributed by atoms with Crippen molar-refractivity contribution in [2.45, 2.75) is 58.2 Å². The summed E-state index contributed by atoms with van der Waals surface area (Å²) in [5.74, 6) is -0.646. The van der Waals surface area contributed by atoms with E-state index < -0.39 is 17.7 Å². The molecule has 1 aliphatic rings. The van der Waals surface area contributed by atoms with E-state index in [1.165, 1.54) is 0 Å². The number of nitrogens with one attached hydrogen (secondary N) is 1. The molecule has 0 aliphatic carbocycles. The topological polar surface area (TPSA) is 88.1 Å². The highest BCUT2D eigenvalue weighted by Crippen LogP contribution is 2.22. The van der Waals surface area contributed by atoms with E-state index in [1.54, 1.807) is 32.9 Å². The Bertz CT molecular complexity index is 665. The van der Waals surface area contributed by atoms with Gasteiger partial charge in [-0.05, 0) is 57.9 Å². The third-order valence-corrected chi connectivity index (χ3v) is 4.59. The second-order valence-corrected chi connectivity index (χ2v) is 8.37. The van der Waals surface area contributed by atoms with E-state index in [-0.39, 0.29) is 18.7 Å². The fourth-order valence-electron chi connectivity index (χ4n) is 3.15. The summed E-state index contributed by atoms with van der Waals surface area (Å²) in [5.41, 5.74) is 0.834. The number of anilines is 1. The number of morpholine rings is 1. The molecule has 2 rings (SSSR count). The summed E-state index contributed by atoms with van der Waals surface area (Å²) in [6.45, 7) is 9.77. The lowest BCUT2D eigenvalue weighted by molar-refractivity contribution is -0.155. The third-order valence-electron chi connectivity index (χ3n) is 4.59. The number of esters is 1. The molecule has 29 heavy (non-hydrogen) atoms. The van der Waals surface area contributed by atoms with Crippen LogP contribution in [0, 0.1) is 0 Å². The number of aliphatic hydroxyl groups excluding tert-OH is 1. The molecule has 7 heteroatoms. The van der Waals surface area contributed by atoms with E-state index in [4.69, 9.17) is 9.47 Å². The lowest BCUT2D eigenvalue weighted by Crippen LogP contribution is -2.36. The Kier molecular flexibility index (Phi) is 9.07. The van der Waals surface area contributed by atoms with Crippen molar-refractivity contribution in [3.05, 3.63) is 29.8 Å². The average Bonchev–Trinajstić information content (AvgIpc) is 2.66. The molecule has 1 aliphatic heterocycles. The van der Waals surface area contributed by atoms with Gasteiger partial charge in [-0.25, -0.2) is 0 Å². The van der Waals surface area contributed by atoms with E-state index in [0.717, 1.165) is 44.8 Å². The Balaban J connectivity index is 1.75. The van der Waals surface area contributed by atoms with Crippen molar-refractivity contribution < 1.29 is 24.2 Å². The van der Waals surface area contributed by atoms with Crippen molar-refractivity contribution in [2.75, 3.05) is 38.2 Å². The number of hydrogen-bond acceptors (Lipinski definition) is 6. The number of rotatable bonds is 9. The molecule has 2 N–H and O–H groups in total. The van der Waals surface area contributed by atoms with E-state index in [9.17, 15) is 14.7 Å². The van der Waals surface area contributed by atoms with Crippen LogP contribution in [-0.2, 0) is 19.1 Å². The van der Waals surface area contributed by atoms with Gasteiger partial charge < -0.3 is 19.9 Å². The van der Waals surface area contributed by atoms with Gasteiger partial charge in [0.2, 0.25) is 5.91 Å². The summed E-state index contributed by atoms with van der Waals surface area (Å²) in [5, 5.41) is 13.3. The van der Waals surface area contributed by atoms with Crippen LogP contribution in [0.3, 0.4) is 0 Å². The molecule has 0 aromatic heterocycles. The maximum Gasteiger partial charge on any atom is 0.306 e. The molecular formula is C22H34N2O5. The van der Waals surface area contributed by atoms with Gasteiger partial charge in [0.1, 0.15) is 5.60 Å². The number of amides is 1. The van der Waals surface area contributed by atoms with Gasteiger partial charge in [0.15, 0.2) is 0 Å². The minimum atomic E-state index is -0.574. The Hall–Kier alpha value is -1.96. The van der Waals surface area contributed by atoms with Crippen LogP contribution in [0.25, 0.3) is 0 Å². The molecule has 1 saturated heterocycles. The summed E-state index contributed by atoms with van der Waals surface area (Å²) < 4.78 is 10.5. The standard InChI is InChI=1S/C22H34N2O5/c1-22(2,3)29-21(27)10-9-20(26)23-18-7-4-6-17(16-18)19(25)8-5-11-24-12-14-28-15-13-24/h4,6-7,16,19,25H,5,8-15H2,1-3H3,(H,23,26). The molecule has 162 valence electrons. The summed E-state index contributed by atoms with van der Waals surface area (Å²) in [4.78, 5) is 26.2. The first-order valence-electron chi connectivity index (χ1n) is 10.3. The highest BCUT2D eigenvalue weighted by Gasteiger charge is 2.17. The zero-order chi connectivity index (χ0) is 21.3. The lowest BCUT2D eigenvalue weighted by Gasteiger charge is -2.26. The minimum absolute atomic E-state index is 0.0347. The maximum absolute atomic E-state index is 12.1. The van der Waals surface area contributed by atoms with Gasteiger partial charge in [0.25, 0.3) is 0 Å². The highest BCUT2D eigenvalue weighted by atomic mass is 16.6. The van der Waals surface area contributed by atoms with Gasteiger partial charge >= 0.3 is 5.97 Å². The largest absolute Gasteiger partial charge is 0.460 e. The molecular weight excluding hydrogens is 372 g/mol. The SMILES string of the molecule is CC(C)(C)OC(=O)CCC(=O)Nc1cccc(C(O)CCCN2CCOCC2)c1. The van der Waals surface area contributed by atoms with Gasteiger partial charge in [-0.1, -0.05) is 12.1 Å².